The topological polar surface area (TPSA) is 54.5 Å². The molecule has 0 unspecified atom stereocenters. The minimum Gasteiger partial charge on any atom is -0.382 e. The lowest BCUT2D eigenvalue weighted by Crippen LogP contribution is -2.53. The van der Waals surface area contributed by atoms with Crippen molar-refractivity contribution in [3.63, 3.8) is 0 Å². The average molecular weight is 297 g/mol. The number of hydrogen-bond donors (Lipinski definition) is 1. The first-order valence-corrected chi connectivity index (χ1v) is 8.07. The van der Waals surface area contributed by atoms with E-state index in [1.165, 1.54) is 0 Å². The van der Waals surface area contributed by atoms with Crippen LogP contribution >= 0.6 is 11.3 Å². The molecule has 2 amide bonds. The summed E-state index contributed by atoms with van der Waals surface area (Å²) >= 11 is 1.54. The lowest BCUT2D eigenvalue weighted by molar-refractivity contribution is 0.0500. The van der Waals surface area contributed by atoms with E-state index in [1.807, 2.05) is 10.3 Å². The highest BCUT2D eigenvalue weighted by molar-refractivity contribution is 7.07. The Kier molecular flexibility index (Phi) is 5.37. The van der Waals surface area contributed by atoms with Gasteiger partial charge in [0.25, 0.3) is 0 Å². The average Bonchev–Trinajstić information content (AvgIpc) is 3.07. The molecule has 1 fully saturated rings. The molecule has 112 valence electrons. The van der Waals surface area contributed by atoms with Gasteiger partial charge < -0.3 is 15.0 Å². The van der Waals surface area contributed by atoms with Gasteiger partial charge in [-0.25, -0.2) is 9.78 Å². The van der Waals surface area contributed by atoms with Crippen LogP contribution in [0.1, 0.15) is 38.3 Å². The third-order valence-electron chi connectivity index (χ3n) is 3.87. The molecule has 20 heavy (non-hydrogen) atoms. The van der Waals surface area contributed by atoms with E-state index in [-0.39, 0.29) is 11.6 Å². The molecule has 2 heterocycles. The molecule has 1 saturated heterocycles. The Bertz CT molecular complexity index is 416. The van der Waals surface area contributed by atoms with Crippen molar-refractivity contribution in [1.29, 1.82) is 0 Å². The van der Waals surface area contributed by atoms with Gasteiger partial charge in [0.1, 0.15) is 0 Å². The number of methoxy groups -OCH3 is 1. The summed E-state index contributed by atoms with van der Waals surface area (Å²) in [5, 5.41) is 4.93. The van der Waals surface area contributed by atoms with Crippen LogP contribution < -0.4 is 5.32 Å². The molecule has 6 heteroatoms. The first-order chi connectivity index (χ1) is 9.72. The van der Waals surface area contributed by atoms with Crippen molar-refractivity contribution >= 4 is 17.4 Å². The number of ether oxygens (including phenoxy) is 1. The molecule has 1 aromatic rings. The zero-order valence-electron chi connectivity index (χ0n) is 12.2. The number of urea groups is 1. The Balaban J connectivity index is 1.99. The number of likely N-dealkylation sites (tertiary alicyclic amines) is 1. The van der Waals surface area contributed by atoms with Crippen LogP contribution in [-0.2, 0) is 11.3 Å². The second-order valence-corrected chi connectivity index (χ2v) is 6.02. The van der Waals surface area contributed by atoms with Crippen LogP contribution in [0.25, 0.3) is 0 Å². The highest BCUT2D eigenvalue weighted by Gasteiger charge is 2.42. The van der Waals surface area contributed by atoms with Gasteiger partial charge in [0.05, 0.1) is 29.9 Å². The molecule has 5 nitrogen and oxygen atoms in total. The fraction of sp³-hybridized carbons (Fsp3) is 0.714. The van der Waals surface area contributed by atoms with Crippen molar-refractivity contribution in [3.8, 4) is 0 Å². The van der Waals surface area contributed by atoms with E-state index in [4.69, 9.17) is 4.74 Å². The number of hydrogen-bond acceptors (Lipinski definition) is 4. The summed E-state index contributed by atoms with van der Waals surface area (Å²) in [6.45, 7) is 4.08. The summed E-state index contributed by atoms with van der Waals surface area (Å²) in [5.74, 6) is 0. The lowest BCUT2D eigenvalue weighted by Gasteiger charge is -2.38. The largest absolute Gasteiger partial charge is 0.382 e. The van der Waals surface area contributed by atoms with E-state index in [0.29, 0.717) is 13.2 Å². The van der Waals surface area contributed by atoms with Gasteiger partial charge in [0, 0.05) is 19.0 Å². The van der Waals surface area contributed by atoms with Gasteiger partial charge in [-0.2, -0.15) is 0 Å². The number of thiazole rings is 1. The van der Waals surface area contributed by atoms with Crippen molar-refractivity contribution in [2.24, 2.45) is 0 Å². The molecule has 1 aliphatic heterocycles. The summed E-state index contributed by atoms with van der Waals surface area (Å²) in [6, 6.07) is 0.000926. The maximum absolute atomic E-state index is 12.4. The quantitative estimate of drug-likeness (QED) is 0.878. The first-order valence-electron chi connectivity index (χ1n) is 7.13. The molecule has 0 radical (unpaired) electrons. The number of carbonyl (C=O) groups excluding carboxylic acids is 1. The van der Waals surface area contributed by atoms with Crippen LogP contribution in [0.5, 0.6) is 0 Å². The standard InChI is InChI=1S/C14H23N3O2S/c1-3-5-14(10-19-2)6-4-7-17(14)13(18)15-8-12-9-20-11-16-12/h9,11H,3-8,10H2,1-2H3,(H,15,18)/t14-/m0/s1. The van der Waals surface area contributed by atoms with Crippen LogP contribution in [0.2, 0.25) is 0 Å². The third-order valence-corrected chi connectivity index (χ3v) is 4.51. The van der Waals surface area contributed by atoms with E-state index in [2.05, 4.69) is 17.2 Å². The maximum atomic E-state index is 12.4. The van der Waals surface area contributed by atoms with E-state index >= 15 is 0 Å². The van der Waals surface area contributed by atoms with Crippen LogP contribution in [-0.4, -0.2) is 41.7 Å². The third kappa shape index (κ3) is 3.30. The van der Waals surface area contributed by atoms with Crippen molar-refractivity contribution in [2.75, 3.05) is 20.3 Å². The van der Waals surface area contributed by atoms with Crippen LogP contribution in [0.4, 0.5) is 4.79 Å². The van der Waals surface area contributed by atoms with Crippen LogP contribution in [0, 0.1) is 0 Å². The SMILES string of the molecule is CCC[C@@]1(COC)CCCN1C(=O)NCc1cscn1. The second-order valence-electron chi connectivity index (χ2n) is 5.30. The van der Waals surface area contributed by atoms with Crippen molar-refractivity contribution in [3.05, 3.63) is 16.6 Å². The Morgan fingerprint density at radius 3 is 3.15 bits per heavy atom. The Morgan fingerprint density at radius 1 is 1.65 bits per heavy atom. The van der Waals surface area contributed by atoms with Crippen molar-refractivity contribution in [1.82, 2.24) is 15.2 Å². The predicted octanol–water partition coefficient (Wildman–Crippen LogP) is 2.63. The number of rotatable bonds is 6. The van der Waals surface area contributed by atoms with Gasteiger partial charge in [-0.05, 0) is 19.3 Å². The number of amides is 2. The highest BCUT2D eigenvalue weighted by atomic mass is 32.1. The van der Waals surface area contributed by atoms with Gasteiger partial charge >= 0.3 is 6.03 Å². The van der Waals surface area contributed by atoms with E-state index in [0.717, 1.165) is 37.9 Å². The monoisotopic (exact) mass is 297 g/mol. The molecule has 0 bridgehead atoms. The van der Waals surface area contributed by atoms with Gasteiger partial charge in [-0.15, -0.1) is 11.3 Å². The normalized spacial score (nSPS) is 22.2. The molecule has 0 saturated carbocycles. The number of aromatic nitrogens is 1. The molecular weight excluding hydrogens is 274 g/mol. The molecule has 2 rings (SSSR count). The van der Waals surface area contributed by atoms with Crippen molar-refractivity contribution in [2.45, 2.75) is 44.7 Å². The van der Waals surface area contributed by atoms with Gasteiger partial charge in [-0.1, -0.05) is 13.3 Å². The number of nitrogens with zero attached hydrogens (tertiary/aromatic N) is 2. The number of nitrogens with one attached hydrogen (secondary N) is 1. The summed E-state index contributed by atoms with van der Waals surface area (Å²) in [4.78, 5) is 18.6. The molecule has 1 atom stereocenters. The summed E-state index contributed by atoms with van der Waals surface area (Å²) < 4.78 is 5.38. The number of carbonyl (C=O) groups is 1. The Morgan fingerprint density at radius 2 is 2.50 bits per heavy atom. The van der Waals surface area contributed by atoms with Gasteiger partial charge in [-0.3, -0.25) is 0 Å². The second kappa shape index (κ2) is 7.04. The lowest BCUT2D eigenvalue weighted by atomic mass is 9.91. The molecular formula is C14H23N3O2S. The van der Waals surface area contributed by atoms with E-state index in [1.54, 1.807) is 24.0 Å². The molecule has 1 aromatic heterocycles. The minimum atomic E-state index is -0.129. The summed E-state index contributed by atoms with van der Waals surface area (Å²) in [5.41, 5.74) is 2.56. The maximum Gasteiger partial charge on any atom is 0.318 e. The van der Waals surface area contributed by atoms with Crippen LogP contribution in [0.15, 0.2) is 10.9 Å². The zero-order valence-corrected chi connectivity index (χ0v) is 13.0. The Labute approximate surface area is 124 Å². The van der Waals surface area contributed by atoms with Crippen LogP contribution in [0.3, 0.4) is 0 Å². The fourth-order valence-electron chi connectivity index (χ4n) is 3.06. The first kappa shape index (κ1) is 15.3. The van der Waals surface area contributed by atoms with Gasteiger partial charge in [0.15, 0.2) is 0 Å². The summed E-state index contributed by atoms with van der Waals surface area (Å²) in [6.07, 6.45) is 4.12. The van der Waals surface area contributed by atoms with E-state index < -0.39 is 0 Å². The smallest absolute Gasteiger partial charge is 0.318 e. The van der Waals surface area contributed by atoms with Crippen molar-refractivity contribution < 1.29 is 9.53 Å². The molecule has 0 spiro atoms. The molecule has 1 aliphatic rings. The predicted molar refractivity (Wildman–Crippen MR) is 79.8 cm³/mol. The summed E-state index contributed by atoms with van der Waals surface area (Å²) in [7, 11) is 1.71. The van der Waals surface area contributed by atoms with E-state index in [9.17, 15) is 4.79 Å². The highest BCUT2D eigenvalue weighted by Crippen LogP contribution is 2.34. The Hall–Kier alpha value is -1.14. The zero-order chi connectivity index (χ0) is 14.4. The fourth-order valence-corrected chi connectivity index (χ4v) is 3.62. The molecule has 1 N–H and O–H groups in total. The minimum absolute atomic E-state index is 0.000926. The molecule has 0 aromatic carbocycles. The van der Waals surface area contributed by atoms with Gasteiger partial charge in [0.2, 0.25) is 0 Å². The molecule has 0 aliphatic carbocycles.